The number of amides is 1. The van der Waals surface area contributed by atoms with Crippen molar-refractivity contribution < 1.29 is 13.9 Å². The number of para-hydroxylation sites is 1. The molecule has 1 unspecified atom stereocenters. The van der Waals surface area contributed by atoms with Crippen molar-refractivity contribution in [2.75, 3.05) is 26.7 Å². The molecule has 0 bridgehead atoms. The minimum Gasteiger partial charge on any atom is -0.489 e. The molecule has 156 valence electrons. The van der Waals surface area contributed by atoms with Crippen molar-refractivity contribution in [3.05, 3.63) is 65.5 Å². The summed E-state index contributed by atoms with van der Waals surface area (Å²) in [5.41, 5.74) is 1.87. The van der Waals surface area contributed by atoms with Gasteiger partial charge in [-0.25, -0.2) is 4.39 Å². The molecular formula is C22H29FN4O2. The van der Waals surface area contributed by atoms with Gasteiger partial charge in [-0.3, -0.25) is 9.79 Å². The Balaban J connectivity index is 1.63. The normalized spacial score (nSPS) is 12.2. The maximum absolute atomic E-state index is 12.9. The van der Waals surface area contributed by atoms with E-state index in [9.17, 15) is 9.18 Å². The molecule has 0 radical (unpaired) electrons. The van der Waals surface area contributed by atoms with Gasteiger partial charge >= 0.3 is 0 Å². The number of nitrogens with one attached hydrogen (secondary N) is 3. The van der Waals surface area contributed by atoms with E-state index in [1.54, 1.807) is 19.2 Å². The van der Waals surface area contributed by atoms with Gasteiger partial charge in [-0.05, 0) is 43.2 Å². The minimum atomic E-state index is -0.309. The first-order valence-electron chi connectivity index (χ1n) is 9.66. The lowest BCUT2D eigenvalue weighted by molar-refractivity contribution is -0.120. The van der Waals surface area contributed by atoms with Gasteiger partial charge in [-0.15, -0.1) is 0 Å². The lowest BCUT2D eigenvalue weighted by atomic mass is 10.1. The fraction of sp³-hybridized carbons (Fsp3) is 0.364. The molecule has 0 fully saturated rings. The van der Waals surface area contributed by atoms with Crippen molar-refractivity contribution in [3.8, 4) is 5.75 Å². The van der Waals surface area contributed by atoms with Crippen molar-refractivity contribution in [1.82, 2.24) is 16.0 Å². The van der Waals surface area contributed by atoms with Crippen LogP contribution in [0.2, 0.25) is 0 Å². The number of guanidine groups is 1. The SMILES string of the molecule is CN=C(NCCNC(=O)Cc1ccc(F)cc1)NCC(C)Oc1ccccc1C. The molecule has 0 spiro atoms. The van der Waals surface area contributed by atoms with Crippen LogP contribution in [0.4, 0.5) is 4.39 Å². The highest BCUT2D eigenvalue weighted by Gasteiger charge is 2.08. The summed E-state index contributed by atoms with van der Waals surface area (Å²) in [5.74, 6) is 1.09. The van der Waals surface area contributed by atoms with Crippen LogP contribution in [0, 0.1) is 12.7 Å². The van der Waals surface area contributed by atoms with Crippen LogP contribution in [-0.2, 0) is 11.2 Å². The van der Waals surface area contributed by atoms with E-state index in [1.807, 2.05) is 38.1 Å². The van der Waals surface area contributed by atoms with Crippen LogP contribution in [0.25, 0.3) is 0 Å². The molecule has 6 nitrogen and oxygen atoms in total. The number of halogens is 1. The molecule has 0 saturated heterocycles. The van der Waals surface area contributed by atoms with E-state index in [1.165, 1.54) is 12.1 Å². The molecule has 1 amide bonds. The second-order valence-corrected chi connectivity index (χ2v) is 6.73. The fourth-order valence-corrected chi connectivity index (χ4v) is 2.64. The maximum Gasteiger partial charge on any atom is 0.224 e. The van der Waals surface area contributed by atoms with E-state index in [0.29, 0.717) is 25.6 Å². The third-order valence-corrected chi connectivity index (χ3v) is 4.22. The van der Waals surface area contributed by atoms with Crippen molar-refractivity contribution in [2.24, 2.45) is 4.99 Å². The van der Waals surface area contributed by atoms with Crippen LogP contribution in [0.3, 0.4) is 0 Å². The summed E-state index contributed by atoms with van der Waals surface area (Å²) in [6.07, 6.45) is 0.186. The molecule has 2 aromatic rings. The fourth-order valence-electron chi connectivity index (χ4n) is 2.64. The predicted molar refractivity (Wildman–Crippen MR) is 114 cm³/mol. The lowest BCUT2D eigenvalue weighted by Crippen LogP contribution is -2.44. The van der Waals surface area contributed by atoms with Gasteiger partial charge in [0.1, 0.15) is 17.7 Å². The van der Waals surface area contributed by atoms with Gasteiger partial charge in [0.05, 0.1) is 13.0 Å². The smallest absolute Gasteiger partial charge is 0.224 e. The Morgan fingerprint density at radius 1 is 1.07 bits per heavy atom. The number of carbonyl (C=O) groups excluding carboxylic acids is 1. The zero-order valence-electron chi connectivity index (χ0n) is 17.2. The summed E-state index contributed by atoms with van der Waals surface area (Å²) >= 11 is 0. The zero-order chi connectivity index (χ0) is 21.1. The molecule has 0 heterocycles. The number of ether oxygens (including phenoxy) is 1. The first kappa shape index (κ1) is 22.2. The maximum atomic E-state index is 12.9. The zero-order valence-corrected chi connectivity index (χ0v) is 17.2. The summed E-state index contributed by atoms with van der Waals surface area (Å²) in [5, 5.41) is 9.18. The third kappa shape index (κ3) is 8.21. The first-order valence-corrected chi connectivity index (χ1v) is 9.66. The number of carbonyl (C=O) groups is 1. The molecule has 1 atom stereocenters. The first-order chi connectivity index (χ1) is 14.0. The van der Waals surface area contributed by atoms with Crippen molar-refractivity contribution in [2.45, 2.75) is 26.4 Å². The van der Waals surface area contributed by atoms with Crippen LogP contribution in [0.5, 0.6) is 5.75 Å². The van der Waals surface area contributed by atoms with E-state index < -0.39 is 0 Å². The minimum absolute atomic E-state index is 0.0370. The molecular weight excluding hydrogens is 371 g/mol. The molecule has 3 N–H and O–H groups in total. The average Bonchev–Trinajstić information content (AvgIpc) is 2.71. The molecule has 0 aliphatic carbocycles. The van der Waals surface area contributed by atoms with Gasteiger partial charge < -0.3 is 20.7 Å². The molecule has 2 aromatic carbocycles. The van der Waals surface area contributed by atoms with Crippen LogP contribution in [0.15, 0.2) is 53.5 Å². The van der Waals surface area contributed by atoms with Gasteiger partial charge in [0.2, 0.25) is 5.91 Å². The number of aryl methyl sites for hydroxylation is 1. The van der Waals surface area contributed by atoms with Crippen LogP contribution in [0.1, 0.15) is 18.1 Å². The molecule has 0 aliphatic heterocycles. The van der Waals surface area contributed by atoms with Crippen molar-refractivity contribution in [3.63, 3.8) is 0 Å². The van der Waals surface area contributed by atoms with E-state index in [4.69, 9.17) is 4.74 Å². The number of rotatable bonds is 9. The number of aliphatic imine (C=N–C) groups is 1. The summed E-state index contributed by atoms with van der Waals surface area (Å²) in [6.45, 7) is 5.57. The summed E-state index contributed by atoms with van der Waals surface area (Å²) in [7, 11) is 1.69. The predicted octanol–water partition coefficient (Wildman–Crippen LogP) is 2.43. The van der Waals surface area contributed by atoms with Crippen molar-refractivity contribution >= 4 is 11.9 Å². The van der Waals surface area contributed by atoms with Gasteiger partial charge in [0.15, 0.2) is 5.96 Å². The van der Waals surface area contributed by atoms with Crippen LogP contribution < -0.4 is 20.7 Å². The summed E-state index contributed by atoms with van der Waals surface area (Å²) in [4.78, 5) is 16.1. The quantitative estimate of drug-likeness (QED) is 0.343. The van der Waals surface area contributed by atoms with Crippen LogP contribution >= 0.6 is 0 Å². The van der Waals surface area contributed by atoms with E-state index in [-0.39, 0.29) is 24.2 Å². The number of nitrogens with zero attached hydrogens (tertiary/aromatic N) is 1. The third-order valence-electron chi connectivity index (χ3n) is 4.22. The second kappa shape index (κ2) is 11.7. The topological polar surface area (TPSA) is 74.8 Å². The Morgan fingerprint density at radius 2 is 1.76 bits per heavy atom. The van der Waals surface area contributed by atoms with Crippen molar-refractivity contribution in [1.29, 1.82) is 0 Å². The summed E-state index contributed by atoms with van der Waals surface area (Å²) < 4.78 is 18.8. The summed E-state index contributed by atoms with van der Waals surface area (Å²) in [6, 6.07) is 13.8. The monoisotopic (exact) mass is 400 g/mol. The second-order valence-electron chi connectivity index (χ2n) is 6.73. The number of hydrogen-bond donors (Lipinski definition) is 3. The largest absolute Gasteiger partial charge is 0.489 e. The molecule has 0 aliphatic rings. The van der Waals surface area contributed by atoms with Gasteiger partial charge in [0.25, 0.3) is 0 Å². The lowest BCUT2D eigenvalue weighted by Gasteiger charge is -2.19. The van der Waals surface area contributed by atoms with Crippen LogP contribution in [-0.4, -0.2) is 44.7 Å². The molecule has 7 heteroatoms. The highest BCUT2D eigenvalue weighted by molar-refractivity contribution is 5.80. The average molecular weight is 400 g/mol. The molecule has 2 rings (SSSR count). The highest BCUT2D eigenvalue weighted by Crippen LogP contribution is 2.17. The molecule has 29 heavy (non-hydrogen) atoms. The number of hydrogen-bond acceptors (Lipinski definition) is 3. The van der Waals surface area contributed by atoms with Gasteiger partial charge in [-0.2, -0.15) is 0 Å². The Morgan fingerprint density at radius 3 is 2.45 bits per heavy atom. The Hall–Kier alpha value is -3.09. The molecule has 0 saturated carbocycles. The Labute approximate surface area is 171 Å². The Bertz CT molecular complexity index is 809. The van der Waals surface area contributed by atoms with E-state index >= 15 is 0 Å². The standard InChI is InChI=1S/C22H29FN4O2/c1-16-6-4-5-7-20(16)29-17(2)15-27-22(24-3)26-13-12-25-21(28)14-18-8-10-19(23)11-9-18/h4-11,17H,12-15H2,1-3H3,(H,25,28)(H2,24,26,27). The van der Waals surface area contributed by atoms with E-state index in [2.05, 4.69) is 20.9 Å². The highest BCUT2D eigenvalue weighted by atomic mass is 19.1. The van der Waals surface area contributed by atoms with Gasteiger partial charge in [-0.1, -0.05) is 30.3 Å². The Kier molecular flexibility index (Phi) is 8.95. The number of benzene rings is 2. The molecule has 0 aromatic heterocycles. The van der Waals surface area contributed by atoms with E-state index in [0.717, 1.165) is 16.9 Å². The van der Waals surface area contributed by atoms with Gasteiger partial charge in [0, 0.05) is 20.1 Å².